The van der Waals surface area contributed by atoms with Gasteiger partial charge in [-0.3, -0.25) is 9.59 Å². The summed E-state index contributed by atoms with van der Waals surface area (Å²) in [7, 11) is 0. The zero-order chi connectivity index (χ0) is 16.1. The average Bonchev–Trinajstić information content (AvgIpc) is 2.96. The van der Waals surface area contributed by atoms with E-state index in [1.807, 2.05) is 0 Å². The number of ketones is 2. The van der Waals surface area contributed by atoms with Crippen LogP contribution in [0.3, 0.4) is 0 Å². The monoisotopic (exact) mass is 296 g/mol. The Hall–Kier alpha value is -3.20. The molecule has 0 fully saturated rings. The maximum Gasteiger partial charge on any atom is 0.372 e. The van der Waals surface area contributed by atoms with Crippen LogP contribution in [0.1, 0.15) is 22.5 Å². The molecular formula is C16H12N2O4. The van der Waals surface area contributed by atoms with Crippen molar-refractivity contribution in [3.05, 3.63) is 65.3 Å². The molecule has 0 aliphatic carbocycles. The van der Waals surface area contributed by atoms with Crippen LogP contribution in [0.25, 0.3) is 4.85 Å². The molecule has 1 aromatic heterocycles. The first-order chi connectivity index (χ1) is 10.5. The fourth-order valence-corrected chi connectivity index (χ4v) is 1.99. The van der Waals surface area contributed by atoms with E-state index in [-0.39, 0.29) is 5.69 Å². The fourth-order valence-electron chi connectivity index (χ4n) is 1.99. The van der Waals surface area contributed by atoms with Gasteiger partial charge in [0.2, 0.25) is 5.78 Å². The Balaban J connectivity index is 2.15. The summed E-state index contributed by atoms with van der Waals surface area (Å²) in [6.45, 7) is 7.29. The van der Waals surface area contributed by atoms with Gasteiger partial charge in [0.05, 0.1) is 18.7 Å². The van der Waals surface area contributed by atoms with Gasteiger partial charge in [0.15, 0.2) is 11.5 Å². The standard InChI is InChI=1S/C16H12N2O4/c1-17-12-6-4-11(5-7-12)10-18-8-2-3-13(18)14(19)9-15(20)16(21)22/h2-8H,9-10H2,(H,21,22). The van der Waals surface area contributed by atoms with E-state index in [4.69, 9.17) is 11.7 Å². The van der Waals surface area contributed by atoms with E-state index in [1.165, 1.54) is 0 Å². The lowest BCUT2D eigenvalue weighted by Crippen LogP contribution is -2.19. The molecule has 110 valence electrons. The number of nitrogens with zero attached hydrogens (tertiary/aromatic N) is 2. The van der Waals surface area contributed by atoms with Crippen molar-refractivity contribution in [2.75, 3.05) is 0 Å². The number of carbonyl (C=O) groups is 3. The van der Waals surface area contributed by atoms with Crippen molar-refractivity contribution in [1.29, 1.82) is 0 Å². The second-order valence-electron chi connectivity index (χ2n) is 4.63. The Labute approximate surface area is 126 Å². The molecule has 2 aromatic rings. The third-order valence-corrected chi connectivity index (χ3v) is 3.09. The second-order valence-corrected chi connectivity index (χ2v) is 4.63. The molecule has 0 amide bonds. The molecule has 0 spiro atoms. The van der Waals surface area contributed by atoms with Crippen molar-refractivity contribution in [1.82, 2.24) is 4.57 Å². The molecule has 0 aliphatic rings. The molecule has 6 heteroatoms. The predicted octanol–water partition coefficient (Wildman–Crippen LogP) is 2.31. The summed E-state index contributed by atoms with van der Waals surface area (Å²) in [5.41, 5.74) is 1.70. The lowest BCUT2D eigenvalue weighted by molar-refractivity contribution is -0.148. The number of carboxylic acids is 1. The van der Waals surface area contributed by atoms with Crippen molar-refractivity contribution in [2.45, 2.75) is 13.0 Å². The minimum Gasteiger partial charge on any atom is -0.475 e. The molecule has 6 nitrogen and oxygen atoms in total. The van der Waals surface area contributed by atoms with E-state index < -0.39 is 24.0 Å². The normalized spacial score (nSPS) is 9.95. The van der Waals surface area contributed by atoms with Gasteiger partial charge in [0, 0.05) is 12.7 Å². The molecule has 0 saturated carbocycles. The molecule has 0 atom stereocenters. The Morgan fingerprint density at radius 2 is 1.82 bits per heavy atom. The van der Waals surface area contributed by atoms with Crippen LogP contribution in [0.15, 0.2) is 42.6 Å². The summed E-state index contributed by atoms with van der Waals surface area (Å²) in [6, 6.07) is 10.1. The van der Waals surface area contributed by atoms with Gasteiger partial charge in [0.1, 0.15) is 0 Å². The maximum atomic E-state index is 12.0. The van der Waals surface area contributed by atoms with Crippen molar-refractivity contribution in [3.63, 3.8) is 0 Å². The summed E-state index contributed by atoms with van der Waals surface area (Å²) >= 11 is 0. The van der Waals surface area contributed by atoms with Crippen molar-refractivity contribution < 1.29 is 19.5 Å². The van der Waals surface area contributed by atoms with Crippen LogP contribution in [-0.4, -0.2) is 27.2 Å². The Kier molecular flexibility index (Phi) is 4.49. The number of Topliss-reactive ketones (excluding diaryl/α,β-unsaturated/α-hetero) is 2. The number of carboxylic acid groups (broad SMARTS) is 1. The number of aliphatic carboxylic acids is 1. The number of hydrogen-bond donors (Lipinski definition) is 1. The summed E-state index contributed by atoms with van der Waals surface area (Å²) in [6.07, 6.45) is 1.03. The van der Waals surface area contributed by atoms with Crippen molar-refractivity contribution in [3.8, 4) is 0 Å². The minimum atomic E-state index is -1.61. The highest BCUT2D eigenvalue weighted by Crippen LogP contribution is 2.15. The van der Waals surface area contributed by atoms with E-state index in [0.717, 1.165) is 5.56 Å². The van der Waals surface area contributed by atoms with Crippen LogP contribution in [0.4, 0.5) is 5.69 Å². The van der Waals surface area contributed by atoms with E-state index in [0.29, 0.717) is 12.2 Å². The van der Waals surface area contributed by atoms with Crippen molar-refractivity contribution >= 4 is 23.2 Å². The Morgan fingerprint density at radius 1 is 1.14 bits per heavy atom. The summed E-state index contributed by atoms with van der Waals surface area (Å²) < 4.78 is 1.64. The van der Waals surface area contributed by atoms with E-state index in [2.05, 4.69) is 4.85 Å². The largest absolute Gasteiger partial charge is 0.475 e. The highest BCUT2D eigenvalue weighted by atomic mass is 16.4. The fraction of sp³-hybridized carbons (Fsp3) is 0.125. The Morgan fingerprint density at radius 3 is 2.41 bits per heavy atom. The molecule has 1 N–H and O–H groups in total. The molecule has 2 rings (SSSR count). The average molecular weight is 296 g/mol. The molecule has 1 heterocycles. The quantitative estimate of drug-likeness (QED) is 0.384. The summed E-state index contributed by atoms with van der Waals surface area (Å²) in [5.74, 6) is -3.27. The first-order valence-corrected chi connectivity index (χ1v) is 6.42. The number of hydrogen-bond acceptors (Lipinski definition) is 3. The molecule has 22 heavy (non-hydrogen) atoms. The second kappa shape index (κ2) is 6.50. The first-order valence-electron chi connectivity index (χ1n) is 6.42. The van der Waals surface area contributed by atoms with Crippen LogP contribution >= 0.6 is 0 Å². The summed E-state index contributed by atoms with van der Waals surface area (Å²) in [4.78, 5) is 36.9. The minimum absolute atomic E-state index is 0.281. The zero-order valence-corrected chi connectivity index (χ0v) is 11.5. The lowest BCUT2D eigenvalue weighted by atomic mass is 10.1. The number of rotatable bonds is 6. The smallest absolute Gasteiger partial charge is 0.372 e. The van der Waals surface area contributed by atoms with Gasteiger partial charge in [-0.1, -0.05) is 24.3 Å². The van der Waals surface area contributed by atoms with Crippen LogP contribution in [-0.2, 0) is 16.1 Å². The first kappa shape index (κ1) is 15.2. The maximum absolute atomic E-state index is 12.0. The molecule has 0 unspecified atom stereocenters. The lowest BCUT2D eigenvalue weighted by Gasteiger charge is -2.08. The van der Waals surface area contributed by atoms with Gasteiger partial charge in [-0.05, 0) is 17.7 Å². The topological polar surface area (TPSA) is 80.7 Å². The molecule has 0 bridgehead atoms. The third-order valence-electron chi connectivity index (χ3n) is 3.09. The van der Waals surface area contributed by atoms with Crippen LogP contribution < -0.4 is 0 Å². The molecule has 0 aliphatic heterocycles. The van der Waals surface area contributed by atoms with Crippen LogP contribution in [0.5, 0.6) is 0 Å². The van der Waals surface area contributed by atoms with Gasteiger partial charge < -0.3 is 9.67 Å². The van der Waals surface area contributed by atoms with E-state index in [9.17, 15) is 14.4 Å². The third kappa shape index (κ3) is 3.46. The number of benzene rings is 1. The number of aromatic nitrogens is 1. The van der Waals surface area contributed by atoms with Crippen LogP contribution in [0.2, 0.25) is 0 Å². The molecule has 0 saturated heterocycles. The van der Waals surface area contributed by atoms with E-state index >= 15 is 0 Å². The molecule has 0 radical (unpaired) electrons. The van der Waals surface area contributed by atoms with Crippen LogP contribution in [0, 0.1) is 6.57 Å². The van der Waals surface area contributed by atoms with E-state index in [1.54, 1.807) is 47.2 Å². The Bertz CT molecular complexity index is 766. The SMILES string of the molecule is [C-]#[N+]c1ccc(Cn2cccc2C(=O)CC(=O)C(=O)O)cc1. The van der Waals surface area contributed by atoms with Gasteiger partial charge >= 0.3 is 5.97 Å². The predicted molar refractivity (Wildman–Crippen MR) is 77.8 cm³/mol. The highest BCUT2D eigenvalue weighted by Gasteiger charge is 2.19. The highest BCUT2D eigenvalue weighted by molar-refractivity contribution is 6.37. The number of carbonyl (C=O) groups excluding carboxylic acids is 2. The summed E-state index contributed by atoms with van der Waals surface area (Å²) in [5, 5.41) is 8.55. The van der Waals surface area contributed by atoms with Gasteiger partial charge in [-0.25, -0.2) is 9.64 Å². The van der Waals surface area contributed by atoms with Gasteiger partial charge in [-0.2, -0.15) is 0 Å². The van der Waals surface area contributed by atoms with Gasteiger partial charge in [0.25, 0.3) is 0 Å². The van der Waals surface area contributed by atoms with Crippen molar-refractivity contribution in [2.24, 2.45) is 0 Å². The molecule has 1 aromatic carbocycles. The van der Waals surface area contributed by atoms with Gasteiger partial charge in [-0.15, -0.1) is 0 Å². The zero-order valence-electron chi connectivity index (χ0n) is 11.5. The molecular weight excluding hydrogens is 284 g/mol.